The van der Waals surface area contributed by atoms with Crippen LogP contribution in [0.5, 0.6) is 5.75 Å². The van der Waals surface area contributed by atoms with Crippen LogP contribution in [-0.2, 0) is 4.79 Å². The number of Topliss-reactive ketones (excluding diaryl/α,β-unsaturated/α-hetero) is 1. The number of ketones is 1. The lowest BCUT2D eigenvalue weighted by molar-refractivity contribution is -0.104. The molecule has 2 rings (SSSR count). The van der Waals surface area contributed by atoms with Gasteiger partial charge >= 0.3 is 0 Å². The molecule has 80 valence electrons. The van der Waals surface area contributed by atoms with Gasteiger partial charge in [-0.2, -0.15) is 0 Å². The molecule has 2 aromatic rings. The Morgan fingerprint density at radius 3 is 2.75 bits per heavy atom. The second kappa shape index (κ2) is 3.77. The van der Waals surface area contributed by atoms with Crippen LogP contribution in [0.1, 0.15) is 15.9 Å². The van der Waals surface area contributed by atoms with Crippen molar-refractivity contribution in [3.05, 3.63) is 41.5 Å². The number of carbonyl (C=O) groups excluding carboxylic acids is 2. The van der Waals surface area contributed by atoms with Crippen molar-refractivity contribution in [1.82, 2.24) is 0 Å². The zero-order valence-corrected chi connectivity index (χ0v) is 8.73. The number of phenols is 1. The molecule has 0 saturated carbocycles. The normalized spacial score (nSPS) is 10.3. The third-order valence-corrected chi connectivity index (χ3v) is 2.47. The van der Waals surface area contributed by atoms with E-state index in [0.29, 0.717) is 5.39 Å². The number of fused-ring (bicyclic) bond motifs is 1. The van der Waals surface area contributed by atoms with E-state index in [-0.39, 0.29) is 17.6 Å². The highest BCUT2D eigenvalue weighted by atomic mass is 16.3. The van der Waals surface area contributed by atoms with Crippen molar-refractivity contribution < 1.29 is 14.7 Å². The second-order valence-corrected chi connectivity index (χ2v) is 3.67. The average Bonchev–Trinajstić information content (AvgIpc) is 2.27. The molecular weight excluding hydrogens is 204 g/mol. The third kappa shape index (κ3) is 1.56. The molecule has 0 atom stereocenters. The maximum Gasteiger partial charge on any atom is 0.226 e. The van der Waals surface area contributed by atoms with Crippen LogP contribution in [0.3, 0.4) is 0 Å². The Morgan fingerprint density at radius 1 is 1.31 bits per heavy atom. The fourth-order valence-electron chi connectivity index (χ4n) is 1.82. The minimum absolute atomic E-state index is 0.0164. The topological polar surface area (TPSA) is 54.4 Å². The SMILES string of the molecule is Cc1cc(C(=O)C=O)c2c(O)cccc2c1. The number of aromatic hydroxyl groups is 1. The molecule has 0 spiro atoms. The first kappa shape index (κ1) is 10.4. The van der Waals surface area contributed by atoms with E-state index in [2.05, 4.69) is 0 Å². The number of rotatable bonds is 2. The zero-order valence-electron chi connectivity index (χ0n) is 8.73. The number of aryl methyl sites for hydroxylation is 1. The molecule has 0 saturated heterocycles. The maximum absolute atomic E-state index is 11.5. The third-order valence-electron chi connectivity index (χ3n) is 2.47. The van der Waals surface area contributed by atoms with E-state index in [0.717, 1.165) is 10.9 Å². The van der Waals surface area contributed by atoms with Crippen molar-refractivity contribution in [1.29, 1.82) is 0 Å². The molecule has 3 heteroatoms. The summed E-state index contributed by atoms with van der Waals surface area (Å²) in [5.74, 6) is -0.599. The summed E-state index contributed by atoms with van der Waals surface area (Å²) in [5.41, 5.74) is 1.13. The summed E-state index contributed by atoms with van der Waals surface area (Å²) < 4.78 is 0. The van der Waals surface area contributed by atoms with Gasteiger partial charge in [0.25, 0.3) is 0 Å². The molecule has 16 heavy (non-hydrogen) atoms. The fourth-order valence-corrected chi connectivity index (χ4v) is 1.82. The van der Waals surface area contributed by atoms with Crippen LogP contribution in [-0.4, -0.2) is 17.2 Å². The highest BCUT2D eigenvalue weighted by Crippen LogP contribution is 2.29. The Hall–Kier alpha value is -2.16. The molecule has 0 fully saturated rings. The molecule has 1 N–H and O–H groups in total. The monoisotopic (exact) mass is 214 g/mol. The maximum atomic E-state index is 11.5. The lowest BCUT2D eigenvalue weighted by atomic mass is 9.98. The van der Waals surface area contributed by atoms with Crippen LogP contribution in [0.15, 0.2) is 30.3 Å². The molecular formula is C13H10O3. The summed E-state index contributed by atoms with van der Waals surface area (Å²) in [6.07, 6.45) is 0.265. The van der Waals surface area contributed by atoms with Crippen LogP contribution in [0.4, 0.5) is 0 Å². The predicted molar refractivity (Wildman–Crippen MR) is 60.7 cm³/mol. The highest BCUT2D eigenvalue weighted by Gasteiger charge is 2.12. The van der Waals surface area contributed by atoms with E-state index in [4.69, 9.17) is 0 Å². The summed E-state index contributed by atoms with van der Waals surface area (Å²) in [5, 5.41) is 10.9. The molecule has 0 aromatic heterocycles. The van der Waals surface area contributed by atoms with Gasteiger partial charge in [0, 0.05) is 10.9 Å². The van der Waals surface area contributed by atoms with Gasteiger partial charge in [0.1, 0.15) is 5.75 Å². The van der Waals surface area contributed by atoms with Crippen LogP contribution in [0.2, 0.25) is 0 Å². The van der Waals surface area contributed by atoms with Gasteiger partial charge in [0.05, 0.1) is 0 Å². The Kier molecular flexibility index (Phi) is 2.44. The molecule has 2 aromatic carbocycles. The van der Waals surface area contributed by atoms with Crippen molar-refractivity contribution in [3.63, 3.8) is 0 Å². The molecule has 0 aliphatic heterocycles. The lowest BCUT2D eigenvalue weighted by Crippen LogP contribution is -2.01. The van der Waals surface area contributed by atoms with Crippen molar-refractivity contribution in [2.45, 2.75) is 6.92 Å². The minimum Gasteiger partial charge on any atom is -0.507 e. The van der Waals surface area contributed by atoms with E-state index < -0.39 is 5.78 Å². The van der Waals surface area contributed by atoms with E-state index >= 15 is 0 Å². The van der Waals surface area contributed by atoms with Gasteiger partial charge in [-0.15, -0.1) is 0 Å². The van der Waals surface area contributed by atoms with Gasteiger partial charge in [0.2, 0.25) is 5.78 Å². The predicted octanol–water partition coefficient (Wildman–Crippen LogP) is 2.24. The van der Waals surface area contributed by atoms with E-state index in [1.807, 2.05) is 13.0 Å². The standard InChI is InChI=1S/C13H10O3/c1-8-5-9-3-2-4-11(15)13(9)10(6-8)12(16)7-14/h2-7,15H,1H3. The second-order valence-electron chi connectivity index (χ2n) is 3.67. The van der Waals surface area contributed by atoms with E-state index in [1.165, 1.54) is 6.07 Å². The molecule has 0 heterocycles. The molecule has 0 radical (unpaired) electrons. The van der Waals surface area contributed by atoms with Gasteiger partial charge in [-0.3, -0.25) is 9.59 Å². The van der Waals surface area contributed by atoms with Gasteiger partial charge in [-0.1, -0.05) is 18.2 Å². The van der Waals surface area contributed by atoms with E-state index in [9.17, 15) is 14.7 Å². The molecule has 0 aliphatic carbocycles. The number of phenolic OH excluding ortho intramolecular Hbond substituents is 1. The van der Waals surface area contributed by atoms with Crippen molar-refractivity contribution >= 4 is 22.8 Å². The van der Waals surface area contributed by atoms with Crippen LogP contribution >= 0.6 is 0 Å². The highest BCUT2D eigenvalue weighted by molar-refractivity contribution is 6.36. The Bertz CT molecular complexity index is 585. The van der Waals surface area contributed by atoms with Crippen LogP contribution in [0.25, 0.3) is 10.8 Å². The van der Waals surface area contributed by atoms with Crippen molar-refractivity contribution in [2.75, 3.05) is 0 Å². The van der Waals surface area contributed by atoms with Crippen molar-refractivity contribution in [3.8, 4) is 5.75 Å². The number of hydrogen-bond donors (Lipinski definition) is 1. The molecule has 0 aliphatic rings. The smallest absolute Gasteiger partial charge is 0.226 e. The van der Waals surface area contributed by atoms with Crippen LogP contribution in [0, 0.1) is 6.92 Å². The van der Waals surface area contributed by atoms with E-state index in [1.54, 1.807) is 18.2 Å². The summed E-state index contributed by atoms with van der Waals surface area (Å²) in [6.45, 7) is 1.84. The first-order valence-corrected chi connectivity index (χ1v) is 4.85. The van der Waals surface area contributed by atoms with Crippen LogP contribution < -0.4 is 0 Å². The first-order chi connectivity index (χ1) is 7.63. The summed E-state index contributed by atoms with van der Waals surface area (Å²) in [6, 6.07) is 8.46. The van der Waals surface area contributed by atoms with Crippen molar-refractivity contribution in [2.24, 2.45) is 0 Å². The molecule has 0 amide bonds. The molecule has 0 bridgehead atoms. The van der Waals surface area contributed by atoms with Gasteiger partial charge < -0.3 is 5.11 Å². The first-order valence-electron chi connectivity index (χ1n) is 4.85. The molecule has 0 unspecified atom stereocenters. The quantitative estimate of drug-likeness (QED) is 0.474. The van der Waals surface area contributed by atoms with Gasteiger partial charge in [-0.05, 0) is 30.0 Å². The Labute approximate surface area is 92.3 Å². The largest absolute Gasteiger partial charge is 0.507 e. The number of benzene rings is 2. The lowest BCUT2D eigenvalue weighted by Gasteiger charge is -2.06. The number of hydrogen-bond acceptors (Lipinski definition) is 3. The zero-order chi connectivity index (χ0) is 11.7. The summed E-state index contributed by atoms with van der Waals surface area (Å²) in [4.78, 5) is 22.0. The summed E-state index contributed by atoms with van der Waals surface area (Å²) in [7, 11) is 0. The fraction of sp³-hybridized carbons (Fsp3) is 0.0769. The summed E-state index contributed by atoms with van der Waals surface area (Å²) >= 11 is 0. The number of aldehydes is 1. The Balaban J connectivity index is 2.90. The minimum atomic E-state index is -0.616. The molecule has 3 nitrogen and oxygen atoms in total. The average molecular weight is 214 g/mol. The van der Waals surface area contributed by atoms with Gasteiger partial charge in [0.15, 0.2) is 6.29 Å². The van der Waals surface area contributed by atoms with Gasteiger partial charge in [-0.25, -0.2) is 0 Å². The Morgan fingerprint density at radius 2 is 2.06 bits per heavy atom. The number of carbonyl (C=O) groups is 2.